The topological polar surface area (TPSA) is 67.9 Å². The highest BCUT2D eigenvalue weighted by molar-refractivity contribution is 7.99. The third-order valence-corrected chi connectivity index (χ3v) is 4.58. The van der Waals surface area contributed by atoms with Gasteiger partial charge in [0.15, 0.2) is 17.3 Å². The molecule has 0 atom stereocenters. The Bertz CT molecular complexity index is 599. The van der Waals surface area contributed by atoms with Crippen LogP contribution in [0.15, 0.2) is 12.1 Å². The molecule has 0 saturated carbocycles. The Morgan fingerprint density at radius 3 is 2.59 bits per heavy atom. The minimum absolute atomic E-state index is 0.117. The van der Waals surface area contributed by atoms with Gasteiger partial charge in [-0.05, 0) is 13.0 Å². The smallest absolute Gasteiger partial charge is 0.238 e. The number of nitrogens with one attached hydrogen (secondary N) is 1. The van der Waals surface area contributed by atoms with Crippen LogP contribution in [0.4, 0.5) is 5.69 Å². The SMILES string of the molecule is CC(=O)c1cc2c(cc1NC(=O)CN1CCSCC1)OCO2. The van der Waals surface area contributed by atoms with Gasteiger partial charge < -0.3 is 14.8 Å². The first-order chi connectivity index (χ1) is 10.6. The van der Waals surface area contributed by atoms with Crippen LogP contribution < -0.4 is 14.8 Å². The van der Waals surface area contributed by atoms with Gasteiger partial charge in [0.05, 0.1) is 12.2 Å². The van der Waals surface area contributed by atoms with Crippen LogP contribution in [0.2, 0.25) is 0 Å². The van der Waals surface area contributed by atoms with E-state index in [2.05, 4.69) is 10.2 Å². The first kappa shape index (κ1) is 15.2. The van der Waals surface area contributed by atoms with E-state index in [4.69, 9.17) is 9.47 Å². The Balaban J connectivity index is 1.73. The monoisotopic (exact) mass is 322 g/mol. The highest BCUT2D eigenvalue weighted by atomic mass is 32.2. The average Bonchev–Trinajstić information content (AvgIpc) is 2.94. The summed E-state index contributed by atoms with van der Waals surface area (Å²) in [5.41, 5.74) is 0.917. The molecule has 7 heteroatoms. The Hall–Kier alpha value is -1.73. The number of nitrogens with zero attached hydrogens (tertiary/aromatic N) is 1. The van der Waals surface area contributed by atoms with Crippen molar-refractivity contribution in [3.05, 3.63) is 17.7 Å². The number of Topliss-reactive ketones (excluding diaryl/α,β-unsaturated/α-hetero) is 1. The first-order valence-electron chi connectivity index (χ1n) is 7.18. The molecule has 0 aliphatic carbocycles. The highest BCUT2D eigenvalue weighted by Crippen LogP contribution is 2.37. The second-order valence-corrected chi connectivity index (χ2v) is 6.47. The summed E-state index contributed by atoms with van der Waals surface area (Å²) in [6.45, 7) is 3.77. The van der Waals surface area contributed by atoms with Crippen molar-refractivity contribution in [1.82, 2.24) is 4.90 Å². The summed E-state index contributed by atoms with van der Waals surface area (Å²) in [7, 11) is 0. The van der Waals surface area contributed by atoms with Crippen LogP contribution in [0.1, 0.15) is 17.3 Å². The fourth-order valence-corrected chi connectivity index (χ4v) is 3.47. The van der Waals surface area contributed by atoms with E-state index in [9.17, 15) is 9.59 Å². The first-order valence-corrected chi connectivity index (χ1v) is 8.33. The number of carbonyl (C=O) groups excluding carboxylic acids is 2. The van der Waals surface area contributed by atoms with Gasteiger partial charge in [-0.3, -0.25) is 14.5 Å². The summed E-state index contributed by atoms with van der Waals surface area (Å²) >= 11 is 1.90. The quantitative estimate of drug-likeness (QED) is 0.850. The van der Waals surface area contributed by atoms with Gasteiger partial charge in [0.25, 0.3) is 0 Å². The van der Waals surface area contributed by atoms with Gasteiger partial charge in [-0.1, -0.05) is 0 Å². The van der Waals surface area contributed by atoms with Gasteiger partial charge in [0.1, 0.15) is 0 Å². The molecule has 2 aliphatic rings. The van der Waals surface area contributed by atoms with Crippen LogP contribution in [0.5, 0.6) is 11.5 Å². The Kier molecular flexibility index (Phi) is 4.54. The number of carbonyl (C=O) groups is 2. The van der Waals surface area contributed by atoms with Gasteiger partial charge >= 0.3 is 0 Å². The molecule has 0 spiro atoms. The Morgan fingerprint density at radius 2 is 1.91 bits per heavy atom. The lowest BCUT2D eigenvalue weighted by Gasteiger charge is -2.25. The van der Waals surface area contributed by atoms with E-state index in [-0.39, 0.29) is 18.5 Å². The van der Waals surface area contributed by atoms with E-state index in [1.54, 1.807) is 12.1 Å². The van der Waals surface area contributed by atoms with E-state index in [0.717, 1.165) is 24.6 Å². The van der Waals surface area contributed by atoms with Crippen molar-refractivity contribution >= 4 is 29.1 Å². The molecular formula is C15H18N2O4S. The van der Waals surface area contributed by atoms with Crippen LogP contribution >= 0.6 is 11.8 Å². The number of ketones is 1. The van der Waals surface area contributed by atoms with E-state index >= 15 is 0 Å². The third kappa shape index (κ3) is 3.36. The molecule has 1 saturated heterocycles. The zero-order valence-corrected chi connectivity index (χ0v) is 13.2. The number of amides is 1. The van der Waals surface area contributed by atoms with Crippen molar-refractivity contribution in [2.45, 2.75) is 6.92 Å². The molecule has 0 radical (unpaired) electrons. The predicted octanol–water partition coefficient (Wildman–Crippen LogP) is 1.61. The van der Waals surface area contributed by atoms with E-state index in [1.807, 2.05) is 11.8 Å². The zero-order chi connectivity index (χ0) is 15.5. The lowest BCUT2D eigenvalue weighted by molar-refractivity contribution is -0.117. The molecule has 1 fully saturated rings. The van der Waals surface area contributed by atoms with Gasteiger partial charge in [-0.2, -0.15) is 11.8 Å². The summed E-state index contributed by atoms with van der Waals surface area (Å²) in [4.78, 5) is 26.1. The van der Waals surface area contributed by atoms with Crippen molar-refractivity contribution in [2.24, 2.45) is 0 Å². The number of rotatable bonds is 4. The lowest BCUT2D eigenvalue weighted by Crippen LogP contribution is -2.38. The molecule has 3 rings (SSSR count). The second kappa shape index (κ2) is 6.58. The van der Waals surface area contributed by atoms with Crippen LogP contribution in [0, 0.1) is 0 Å². The maximum Gasteiger partial charge on any atom is 0.238 e. The van der Waals surface area contributed by atoms with Crippen molar-refractivity contribution in [2.75, 3.05) is 43.2 Å². The Labute approximate surface area is 133 Å². The van der Waals surface area contributed by atoms with E-state index in [1.165, 1.54) is 6.92 Å². The van der Waals surface area contributed by atoms with Crippen LogP contribution in [-0.4, -0.2) is 54.5 Å². The zero-order valence-electron chi connectivity index (χ0n) is 12.4. The number of ether oxygens (including phenoxy) is 2. The van der Waals surface area contributed by atoms with Gasteiger partial charge in [-0.15, -0.1) is 0 Å². The van der Waals surface area contributed by atoms with E-state index in [0.29, 0.717) is 29.3 Å². The van der Waals surface area contributed by atoms with Gasteiger partial charge in [-0.25, -0.2) is 0 Å². The average molecular weight is 322 g/mol. The van der Waals surface area contributed by atoms with Crippen LogP contribution in [-0.2, 0) is 4.79 Å². The number of anilines is 1. The van der Waals surface area contributed by atoms with Crippen molar-refractivity contribution in [1.29, 1.82) is 0 Å². The molecule has 6 nitrogen and oxygen atoms in total. The molecule has 1 amide bonds. The Morgan fingerprint density at radius 1 is 1.23 bits per heavy atom. The highest BCUT2D eigenvalue weighted by Gasteiger charge is 2.21. The fraction of sp³-hybridized carbons (Fsp3) is 0.467. The third-order valence-electron chi connectivity index (χ3n) is 3.64. The molecule has 1 aromatic rings. The molecular weight excluding hydrogens is 304 g/mol. The fourth-order valence-electron chi connectivity index (χ4n) is 2.49. The summed E-state index contributed by atoms with van der Waals surface area (Å²) < 4.78 is 10.6. The molecule has 2 heterocycles. The van der Waals surface area contributed by atoms with Crippen LogP contribution in [0.3, 0.4) is 0 Å². The molecule has 2 aliphatic heterocycles. The standard InChI is InChI=1S/C15H18N2O4S/c1-10(18)11-6-13-14(21-9-20-13)7-12(11)16-15(19)8-17-2-4-22-5-3-17/h6-7H,2-5,8-9H2,1H3,(H,16,19). The molecule has 1 aromatic carbocycles. The molecule has 118 valence electrons. The summed E-state index contributed by atoms with van der Waals surface area (Å²) in [6, 6.07) is 3.28. The summed E-state index contributed by atoms with van der Waals surface area (Å²) in [6.07, 6.45) is 0. The maximum atomic E-state index is 12.2. The molecule has 0 bridgehead atoms. The number of thioether (sulfide) groups is 1. The normalized spacial score (nSPS) is 17.3. The molecule has 1 N–H and O–H groups in total. The van der Waals surface area contributed by atoms with Gasteiger partial charge in [0, 0.05) is 36.2 Å². The predicted molar refractivity (Wildman–Crippen MR) is 85.0 cm³/mol. The number of fused-ring (bicyclic) bond motifs is 1. The largest absolute Gasteiger partial charge is 0.454 e. The van der Waals surface area contributed by atoms with Crippen LogP contribution in [0.25, 0.3) is 0 Å². The van der Waals surface area contributed by atoms with Crippen molar-refractivity contribution in [3.63, 3.8) is 0 Å². The summed E-state index contributed by atoms with van der Waals surface area (Å²) in [5.74, 6) is 2.95. The molecule has 0 unspecified atom stereocenters. The number of benzene rings is 1. The number of hydrogen-bond donors (Lipinski definition) is 1. The minimum atomic E-state index is -0.122. The molecule has 0 aromatic heterocycles. The van der Waals surface area contributed by atoms with E-state index < -0.39 is 0 Å². The van der Waals surface area contributed by atoms with Crippen molar-refractivity contribution in [3.8, 4) is 11.5 Å². The van der Waals surface area contributed by atoms with Crippen molar-refractivity contribution < 1.29 is 19.1 Å². The lowest BCUT2D eigenvalue weighted by atomic mass is 10.1. The second-order valence-electron chi connectivity index (χ2n) is 5.24. The summed E-state index contributed by atoms with van der Waals surface area (Å²) in [5, 5.41) is 2.83. The van der Waals surface area contributed by atoms with Gasteiger partial charge in [0.2, 0.25) is 12.7 Å². The maximum absolute atomic E-state index is 12.2. The number of hydrogen-bond acceptors (Lipinski definition) is 6. The minimum Gasteiger partial charge on any atom is -0.454 e. The molecule has 22 heavy (non-hydrogen) atoms.